The molecule has 0 heterocycles. The number of phenolic OH excluding ortho intramolecular Hbond substituents is 1. The molecule has 1 atom stereocenters. The lowest BCUT2D eigenvalue weighted by molar-refractivity contribution is -0.147. The summed E-state index contributed by atoms with van der Waals surface area (Å²) in [6.45, 7) is 2.64. The number of hydrogen-bond donors (Lipinski definition) is 3. The predicted octanol–water partition coefficient (Wildman–Crippen LogP) is 0.828. The summed E-state index contributed by atoms with van der Waals surface area (Å²) >= 11 is 0. The van der Waals surface area contributed by atoms with Crippen molar-refractivity contribution in [2.75, 3.05) is 0 Å². The molecule has 0 fully saturated rings. The van der Waals surface area contributed by atoms with Gasteiger partial charge in [-0.3, -0.25) is 4.79 Å². The molecule has 0 bridgehead atoms. The highest BCUT2D eigenvalue weighted by Crippen LogP contribution is 2.23. The first-order valence-electron chi connectivity index (χ1n) is 4.68. The Morgan fingerprint density at radius 2 is 1.75 bits per heavy atom. The number of benzene rings is 1. The maximum absolute atomic E-state index is 11.2. The summed E-state index contributed by atoms with van der Waals surface area (Å²) in [5, 5.41) is 20.6. The van der Waals surface area contributed by atoms with Gasteiger partial charge in [0.15, 0.2) is 5.54 Å². The maximum Gasteiger partial charge on any atom is 0.333 e. The summed E-state index contributed by atoms with van der Waals surface area (Å²) in [6.07, 6.45) is 0. The minimum Gasteiger partial charge on any atom is -0.508 e. The van der Waals surface area contributed by atoms with Gasteiger partial charge in [-0.25, -0.2) is 4.79 Å². The summed E-state index contributed by atoms with van der Waals surface area (Å²) in [6, 6.07) is 5.66. The van der Waals surface area contributed by atoms with Crippen LogP contribution < -0.4 is 5.32 Å². The molecule has 0 spiro atoms. The number of rotatable bonds is 3. The van der Waals surface area contributed by atoms with Gasteiger partial charge >= 0.3 is 5.97 Å². The summed E-state index contributed by atoms with van der Waals surface area (Å²) in [4.78, 5) is 22.1. The number of nitrogens with one attached hydrogen (secondary N) is 1. The minimum atomic E-state index is -1.49. The second-order valence-electron chi connectivity index (χ2n) is 3.66. The van der Waals surface area contributed by atoms with Crippen LogP contribution in [0.1, 0.15) is 19.4 Å². The Kier molecular flexibility index (Phi) is 3.17. The largest absolute Gasteiger partial charge is 0.508 e. The first kappa shape index (κ1) is 12.0. The van der Waals surface area contributed by atoms with Crippen molar-refractivity contribution in [1.29, 1.82) is 0 Å². The summed E-state index contributed by atoms with van der Waals surface area (Å²) < 4.78 is 0. The van der Waals surface area contributed by atoms with Gasteiger partial charge in [0.2, 0.25) is 5.91 Å². The second-order valence-corrected chi connectivity index (χ2v) is 3.66. The van der Waals surface area contributed by atoms with Crippen molar-refractivity contribution < 1.29 is 19.8 Å². The lowest BCUT2D eigenvalue weighted by Crippen LogP contribution is -2.48. The first-order valence-corrected chi connectivity index (χ1v) is 4.68. The third-order valence-electron chi connectivity index (χ3n) is 2.30. The van der Waals surface area contributed by atoms with E-state index in [1.54, 1.807) is 0 Å². The van der Waals surface area contributed by atoms with Crippen LogP contribution in [0.4, 0.5) is 0 Å². The average Bonchev–Trinajstić information content (AvgIpc) is 2.17. The third-order valence-corrected chi connectivity index (χ3v) is 2.30. The molecular weight excluding hydrogens is 210 g/mol. The van der Waals surface area contributed by atoms with E-state index < -0.39 is 17.4 Å². The highest BCUT2D eigenvalue weighted by Gasteiger charge is 2.35. The molecule has 0 radical (unpaired) electrons. The van der Waals surface area contributed by atoms with Gasteiger partial charge in [0.05, 0.1) is 0 Å². The smallest absolute Gasteiger partial charge is 0.333 e. The van der Waals surface area contributed by atoms with Crippen molar-refractivity contribution >= 4 is 11.9 Å². The van der Waals surface area contributed by atoms with Crippen molar-refractivity contribution in [3.63, 3.8) is 0 Å². The van der Waals surface area contributed by atoms with Crippen LogP contribution in [-0.2, 0) is 15.1 Å². The van der Waals surface area contributed by atoms with Gasteiger partial charge in [0.25, 0.3) is 0 Å². The van der Waals surface area contributed by atoms with Gasteiger partial charge in [-0.2, -0.15) is 0 Å². The molecule has 1 unspecified atom stereocenters. The molecule has 0 aliphatic rings. The number of hydrogen-bond acceptors (Lipinski definition) is 3. The highest BCUT2D eigenvalue weighted by molar-refractivity contribution is 5.86. The fraction of sp³-hybridized carbons (Fsp3) is 0.273. The summed E-state index contributed by atoms with van der Waals surface area (Å²) in [5.41, 5.74) is -1.09. The van der Waals surface area contributed by atoms with Gasteiger partial charge in [-0.1, -0.05) is 12.1 Å². The molecule has 1 aromatic carbocycles. The number of carbonyl (C=O) groups excluding carboxylic acids is 1. The van der Waals surface area contributed by atoms with Crippen molar-refractivity contribution in [1.82, 2.24) is 5.32 Å². The molecular formula is C11H13NO4. The van der Waals surface area contributed by atoms with E-state index in [1.807, 2.05) is 0 Å². The Balaban J connectivity index is 3.16. The van der Waals surface area contributed by atoms with Crippen molar-refractivity contribution in [3.8, 4) is 5.75 Å². The monoisotopic (exact) mass is 223 g/mol. The van der Waals surface area contributed by atoms with Gasteiger partial charge in [-0.15, -0.1) is 0 Å². The quantitative estimate of drug-likeness (QED) is 0.708. The normalized spacial score (nSPS) is 13.9. The van der Waals surface area contributed by atoms with E-state index in [-0.39, 0.29) is 5.75 Å². The van der Waals surface area contributed by atoms with E-state index in [0.29, 0.717) is 5.56 Å². The Bertz CT molecular complexity index is 412. The first-order chi connectivity index (χ1) is 7.36. The van der Waals surface area contributed by atoms with Crippen LogP contribution in [0.3, 0.4) is 0 Å². The van der Waals surface area contributed by atoms with E-state index in [4.69, 9.17) is 10.2 Å². The van der Waals surface area contributed by atoms with E-state index in [0.717, 1.165) is 0 Å². The third kappa shape index (κ3) is 2.31. The zero-order valence-corrected chi connectivity index (χ0v) is 9.02. The zero-order valence-electron chi connectivity index (χ0n) is 9.02. The Morgan fingerprint density at radius 3 is 2.12 bits per heavy atom. The van der Waals surface area contributed by atoms with Crippen molar-refractivity contribution in [3.05, 3.63) is 29.8 Å². The molecule has 86 valence electrons. The van der Waals surface area contributed by atoms with Gasteiger partial charge in [0, 0.05) is 6.92 Å². The Hall–Kier alpha value is -2.04. The van der Waals surface area contributed by atoms with Crippen molar-refractivity contribution in [2.24, 2.45) is 0 Å². The highest BCUT2D eigenvalue weighted by atomic mass is 16.4. The molecule has 0 saturated heterocycles. The van der Waals surface area contributed by atoms with Crippen LogP contribution in [0.25, 0.3) is 0 Å². The molecule has 0 aliphatic carbocycles. The van der Waals surface area contributed by atoms with E-state index >= 15 is 0 Å². The zero-order chi connectivity index (χ0) is 12.3. The second kappa shape index (κ2) is 4.22. The number of carboxylic acids is 1. The number of amides is 1. The predicted molar refractivity (Wildman–Crippen MR) is 56.9 cm³/mol. The number of aliphatic carboxylic acids is 1. The molecule has 1 amide bonds. The average molecular weight is 223 g/mol. The molecule has 1 rings (SSSR count). The van der Waals surface area contributed by atoms with E-state index in [2.05, 4.69) is 5.32 Å². The van der Waals surface area contributed by atoms with Crippen LogP contribution in [0.2, 0.25) is 0 Å². The molecule has 0 aliphatic heterocycles. The molecule has 16 heavy (non-hydrogen) atoms. The van der Waals surface area contributed by atoms with E-state index in [9.17, 15) is 9.59 Å². The van der Waals surface area contributed by atoms with Gasteiger partial charge in [-0.05, 0) is 24.6 Å². The standard InChI is InChI=1S/C11H13NO4/c1-7(13)12-11(2,10(15)16)8-3-5-9(14)6-4-8/h3-6,14H,1-2H3,(H,12,13)(H,15,16). The number of phenols is 1. The van der Waals surface area contributed by atoms with Crippen LogP contribution in [0, 0.1) is 0 Å². The SMILES string of the molecule is CC(=O)NC(C)(C(=O)O)c1ccc(O)cc1. The molecule has 1 aromatic rings. The fourth-order valence-corrected chi connectivity index (χ4v) is 1.40. The topological polar surface area (TPSA) is 86.6 Å². The lowest BCUT2D eigenvalue weighted by atomic mass is 9.92. The van der Waals surface area contributed by atoms with Crippen LogP contribution in [0.5, 0.6) is 5.75 Å². The fourth-order valence-electron chi connectivity index (χ4n) is 1.40. The Labute approximate surface area is 92.7 Å². The molecule has 5 nitrogen and oxygen atoms in total. The lowest BCUT2D eigenvalue weighted by Gasteiger charge is -2.26. The number of carbonyl (C=O) groups is 2. The van der Waals surface area contributed by atoms with Gasteiger partial charge < -0.3 is 15.5 Å². The molecule has 5 heteroatoms. The van der Waals surface area contributed by atoms with E-state index in [1.165, 1.54) is 38.1 Å². The van der Waals surface area contributed by atoms with Gasteiger partial charge in [0.1, 0.15) is 5.75 Å². The summed E-state index contributed by atoms with van der Waals surface area (Å²) in [5.74, 6) is -1.55. The summed E-state index contributed by atoms with van der Waals surface area (Å²) in [7, 11) is 0. The van der Waals surface area contributed by atoms with Crippen LogP contribution >= 0.6 is 0 Å². The maximum atomic E-state index is 11.2. The minimum absolute atomic E-state index is 0.0410. The molecule has 0 saturated carbocycles. The van der Waals surface area contributed by atoms with Crippen LogP contribution in [0.15, 0.2) is 24.3 Å². The van der Waals surface area contributed by atoms with Crippen molar-refractivity contribution in [2.45, 2.75) is 19.4 Å². The molecule has 3 N–H and O–H groups in total. The number of aromatic hydroxyl groups is 1. The molecule has 0 aromatic heterocycles. The number of carboxylic acid groups (broad SMARTS) is 1. The van der Waals surface area contributed by atoms with Crippen LogP contribution in [-0.4, -0.2) is 22.1 Å². The Morgan fingerprint density at radius 1 is 1.25 bits per heavy atom.